The molecule has 0 aliphatic heterocycles. The monoisotopic (exact) mass is 311 g/mol. The van der Waals surface area contributed by atoms with E-state index in [2.05, 4.69) is 10.4 Å². The highest BCUT2D eigenvalue weighted by Gasteiger charge is 2.13. The fourth-order valence-corrected chi connectivity index (χ4v) is 2.33. The van der Waals surface area contributed by atoms with Crippen LogP contribution in [-0.2, 0) is 6.54 Å². The number of nitrogens with one attached hydrogen (secondary N) is 1. The van der Waals surface area contributed by atoms with Crippen LogP contribution in [0, 0.1) is 0 Å². The third-order valence-corrected chi connectivity index (χ3v) is 3.50. The number of fused-ring (bicyclic) bond motifs is 1. The summed E-state index contributed by atoms with van der Waals surface area (Å²) in [7, 11) is 3.09. The zero-order chi connectivity index (χ0) is 16.2. The molecule has 2 aromatic heterocycles. The molecule has 0 saturated heterocycles. The number of pyridine rings is 1. The zero-order valence-corrected chi connectivity index (χ0v) is 12.9. The molecule has 6 heteroatoms. The van der Waals surface area contributed by atoms with Gasteiger partial charge in [0.15, 0.2) is 0 Å². The summed E-state index contributed by atoms with van der Waals surface area (Å²) in [5.74, 6) is 0.886. The molecule has 1 N–H and O–H groups in total. The van der Waals surface area contributed by atoms with E-state index in [9.17, 15) is 4.79 Å². The van der Waals surface area contributed by atoms with Gasteiger partial charge in [-0.25, -0.2) is 4.52 Å². The van der Waals surface area contributed by atoms with Crippen LogP contribution in [0.25, 0.3) is 5.52 Å². The van der Waals surface area contributed by atoms with Crippen LogP contribution in [0.1, 0.15) is 16.1 Å². The Bertz CT molecular complexity index is 809. The van der Waals surface area contributed by atoms with E-state index in [4.69, 9.17) is 9.47 Å². The highest BCUT2D eigenvalue weighted by atomic mass is 16.5. The maximum Gasteiger partial charge on any atom is 0.255 e. The normalized spacial score (nSPS) is 10.5. The number of hydrogen-bond acceptors (Lipinski definition) is 4. The molecule has 0 radical (unpaired) electrons. The molecule has 0 aliphatic carbocycles. The van der Waals surface area contributed by atoms with Gasteiger partial charge in [-0.15, -0.1) is 0 Å². The Labute approximate surface area is 133 Å². The van der Waals surface area contributed by atoms with Crippen LogP contribution < -0.4 is 14.8 Å². The smallest absolute Gasteiger partial charge is 0.255 e. The minimum absolute atomic E-state index is 0.221. The van der Waals surface area contributed by atoms with Gasteiger partial charge in [0.05, 0.1) is 37.5 Å². The second kappa shape index (κ2) is 6.39. The van der Waals surface area contributed by atoms with Gasteiger partial charge in [0.25, 0.3) is 5.91 Å². The molecular weight excluding hydrogens is 294 g/mol. The van der Waals surface area contributed by atoms with Gasteiger partial charge in [0, 0.05) is 12.3 Å². The van der Waals surface area contributed by atoms with E-state index < -0.39 is 0 Å². The predicted molar refractivity (Wildman–Crippen MR) is 85.9 cm³/mol. The van der Waals surface area contributed by atoms with Crippen molar-refractivity contribution in [2.24, 2.45) is 0 Å². The molecule has 0 saturated carbocycles. The van der Waals surface area contributed by atoms with Crippen molar-refractivity contribution >= 4 is 11.4 Å². The number of carbonyl (C=O) groups is 1. The largest absolute Gasteiger partial charge is 0.497 e. The van der Waals surface area contributed by atoms with Crippen LogP contribution >= 0.6 is 0 Å². The summed E-state index contributed by atoms with van der Waals surface area (Å²) in [6.45, 7) is 0.343. The number of methoxy groups -OCH3 is 2. The Hall–Kier alpha value is -3.02. The van der Waals surface area contributed by atoms with Gasteiger partial charge < -0.3 is 14.8 Å². The summed E-state index contributed by atoms with van der Waals surface area (Å²) in [5, 5.41) is 7.25. The number of rotatable bonds is 5. The SMILES string of the molecule is COc1ccc(C(=O)NCc2cc3ccccn3n2)c(OC)c1. The van der Waals surface area contributed by atoms with Crippen LogP contribution in [0.5, 0.6) is 11.5 Å². The average molecular weight is 311 g/mol. The van der Waals surface area contributed by atoms with Gasteiger partial charge in [-0.3, -0.25) is 4.79 Å². The molecule has 2 heterocycles. The summed E-state index contributed by atoms with van der Waals surface area (Å²) in [5.41, 5.74) is 2.23. The van der Waals surface area contributed by atoms with Crippen LogP contribution in [-0.4, -0.2) is 29.7 Å². The van der Waals surface area contributed by atoms with Gasteiger partial charge in [-0.2, -0.15) is 5.10 Å². The molecule has 118 valence electrons. The first-order valence-electron chi connectivity index (χ1n) is 7.15. The number of benzene rings is 1. The van der Waals surface area contributed by atoms with Crippen LogP contribution in [0.15, 0.2) is 48.7 Å². The van der Waals surface area contributed by atoms with Gasteiger partial charge in [-0.1, -0.05) is 6.07 Å². The second-order valence-corrected chi connectivity index (χ2v) is 4.95. The van der Waals surface area contributed by atoms with E-state index in [0.717, 1.165) is 11.2 Å². The molecule has 3 aromatic rings. The van der Waals surface area contributed by atoms with E-state index in [1.807, 2.05) is 30.5 Å². The number of amides is 1. The molecule has 1 amide bonds. The molecule has 0 fully saturated rings. The first-order valence-corrected chi connectivity index (χ1v) is 7.15. The molecule has 3 rings (SSSR count). The molecule has 6 nitrogen and oxygen atoms in total. The fraction of sp³-hybridized carbons (Fsp3) is 0.176. The lowest BCUT2D eigenvalue weighted by atomic mass is 10.1. The minimum atomic E-state index is -0.221. The number of aromatic nitrogens is 2. The molecule has 0 unspecified atom stereocenters. The predicted octanol–water partition coefficient (Wildman–Crippen LogP) is 2.28. The second-order valence-electron chi connectivity index (χ2n) is 4.95. The third-order valence-electron chi connectivity index (χ3n) is 3.50. The first-order chi connectivity index (χ1) is 11.2. The summed E-state index contributed by atoms with van der Waals surface area (Å²) >= 11 is 0. The van der Waals surface area contributed by atoms with Crippen molar-refractivity contribution in [3.05, 3.63) is 59.9 Å². The zero-order valence-electron chi connectivity index (χ0n) is 12.9. The van der Waals surface area contributed by atoms with Crippen LogP contribution in [0.4, 0.5) is 0 Å². The maximum atomic E-state index is 12.3. The van der Waals surface area contributed by atoms with Crippen molar-refractivity contribution < 1.29 is 14.3 Å². The van der Waals surface area contributed by atoms with E-state index in [1.54, 1.807) is 29.8 Å². The van der Waals surface area contributed by atoms with Crippen molar-refractivity contribution in [2.75, 3.05) is 14.2 Å². The summed E-state index contributed by atoms with van der Waals surface area (Å²) < 4.78 is 12.2. The first kappa shape index (κ1) is 14.9. The number of nitrogens with zero attached hydrogens (tertiary/aromatic N) is 2. The molecule has 23 heavy (non-hydrogen) atoms. The Morgan fingerprint density at radius 3 is 2.78 bits per heavy atom. The Morgan fingerprint density at radius 1 is 1.17 bits per heavy atom. The lowest BCUT2D eigenvalue weighted by Crippen LogP contribution is -2.23. The minimum Gasteiger partial charge on any atom is -0.497 e. The number of carbonyl (C=O) groups excluding carboxylic acids is 1. The van der Waals surface area contributed by atoms with Gasteiger partial charge in [0.2, 0.25) is 0 Å². The van der Waals surface area contributed by atoms with Gasteiger partial charge in [-0.05, 0) is 30.3 Å². The molecule has 0 aliphatic rings. The standard InChI is InChI=1S/C17H17N3O3/c1-22-14-6-7-15(16(10-14)23-2)17(21)18-11-12-9-13-5-3-4-8-20(13)19-12/h3-10H,11H2,1-2H3,(H,18,21). The Kier molecular flexibility index (Phi) is 4.14. The van der Waals surface area contributed by atoms with Crippen molar-refractivity contribution in [1.29, 1.82) is 0 Å². The van der Waals surface area contributed by atoms with Gasteiger partial charge >= 0.3 is 0 Å². The summed E-state index contributed by atoms with van der Waals surface area (Å²) in [6.07, 6.45) is 1.87. The van der Waals surface area contributed by atoms with Gasteiger partial charge in [0.1, 0.15) is 11.5 Å². The highest BCUT2D eigenvalue weighted by molar-refractivity contribution is 5.97. The lowest BCUT2D eigenvalue weighted by molar-refractivity contribution is 0.0947. The topological polar surface area (TPSA) is 64.9 Å². The maximum absolute atomic E-state index is 12.3. The van der Waals surface area contributed by atoms with E-state index >= 15 is 0 Å². The quantitative estimate of drug-likeness (QED) is 0.785. The van der Waals surface area contributed by atoms with Crippen molar-refractivity contribution in [3.8, 4) is 11.5 Å². The third kappa shape index (κ3) is 3.11. The number of hydrogen-bond donors (Lipinski definition) is 1. The van der Waals surface area contributed by atoms with E-state index in [0.29, 0.717) is 23.6 Å². The molecular formula is C17H17N3O3. The Balaban J connectivity index is 1.74. The van der Waals surface area contributed by atoms with Crippen molar-refractivity contribution in [1.82, 2.24) is 14.9 Å². The summed E-state index contributed by atoms with van der Waals surface area (Å²) in [6, 6.07) is 12.8. The average Bonchev–Trinajstić information content (AvgIpc) is 3.02. The van der Waals surface area contributed by atoms with E-state index in [1.165, 1.54) is 7.11 Å². The fourth-order valence-electron chi connectivity index (χ4n) is 2.33. The van der Waals surface area contributed by atoms with Crippen LogP contribution in [0.3, 0.4) is 0 Å². The Morgan fingerprint density at radius 2 is 2.04 bits per heavy atom. The van der Waals surface area contributed by atoms with Crippen molar-refractivity contribution in [3.63, 3.8) is 0 Å². The molecule has 0 spiro atoms. The molecule has 1 aromatic carbocycles. The lowest BCUT2D eigenvalue weighted by Gasteiger charge is -2.10. The summed E-state index contributed by atoms with van der Waals surface area (Å²) in [4.78, 5) is 12.3. The van der Waals surface area contributed by atoms with E-state index in [-0.39, 0.29) is 5.91 Å². The van der Waals surface area contributed by atoms with Crippen LogP contribution in [0.2, 0.25) is 0 Å². The molecule has 0 bridgehead atoms. The molecule has 0 atom stereocenters. The number of ether oxygens (including phenoxy) is 2. The van der Waals surface area contributed by atoms with Crippen molar-refractivity contribution in [2.45, 2.75) is 6.54 Å². The highest BCUT2D eigenvalue weighted by Crippen LogP contribution is 2.24.